The van der Waals surface area contributed by atoms with Crippen LogP contribution in [0.1, 0.15) is 11.1 Å². The number of alkyl halides is 6. The lowest BCUT2D eigenvalue weighted by Crippen LogP contribution is -2.16. The second-order valence-electron chi connectivity index (χ2n) is 3.41. The van der Waals surface area contributed by atoms with Crippen LogP contribution in [0.5, 0.6) is 0 Å². The summed E-state index contributed by atoms with van der Waals surface area (Å²) in [5.41, 5.74) is -1.75. The van der Waals surface area contributed by atoms with E-state index in [2.05, 4.69) is 0 Å². The molecule has 0 aliphatic rings. The minimum atomic E-state index is -4.90. The molecule has 21 heavy (non-hydrogen) atoms. The zero-order valence-corrected chi connectivity index (χ0v) is 10.7. The number of nitrogens with one attached hydrogen (secondary N) is 1. The summed E-state index contributed by atoms with van der Waals surface area (Å²) in [4.78, 5) is 21.6. The number of halogens is 6. The molecule has 13 heteroatoms. The van der Waals surface area contributed by atoms with E-state index in [9.17, 15) is 26.3 Å². The van der Waals surface area contributed by atoms with Crippen molar-refractivity contribution in [3.63, 3.8) is 0 Å². The van der Waals surface area contributed by atoms with Crippen LogP contribution in [-0.2, 0) is 16.9 Å². The molecule has 0 amide bonds. The minimum Gasteiger partial charge on any atom is -0.324 e. The molecular formula is C8H9F6N2O4P. The predicted octanol–water partition coefficient (Wildman–Crippen LogP) is 2.08. The number of hydrogen-bond donors (Lipinski definition) is 5. The van der Waals surface area contributed by atoms with Gasteiger partial charge in [-0.05, 0) is 18.2 Å². The Labute approximate surface area is 113 Å². The SMILES string of the molecule is NNc1ccc(C(F)(F)F)cc1C(F)(F)F.O=P(O)(O)O. The zero-order chi connectivity index (χ0) is 17.1. The van der Waals surface area contributed by atoms with Crippen LogP contribution in [-0.4, -0.2) is 14.7 Å². The lowest BCUT2D eigenvalue weighted by atomic mass is 10.1. The van der Waals surface area contributed by atoms with Gasteiger partial charge < -0.3 is 20.1 Å². The van der Waals surface area contributed by atoms with Crippen molar-refractivity contribution in [1.29, 1.82) is 0 Å². The zero-order valence-electron chi connectivity index (χ0n) is 9.77. The van der Waals surface area contributed by atoms with Gasteiger partial charge in [0.2, 0.25) is 0 Å². The fourth-order valence-electron chi connectivity index (χ4n) is 1.08. The number of rotatable bonds is 1. The number of hydrazine groups is 1. The standard InChI is InChI=1S/C8H6F6N2.H3O4P/c9-7(10,11)4-1-2-6(16-15)5(3-4)8(12,13)14;1-5(2,3)4/h1-3,16H,15H2;(H3,1,2,3,4). The highest BCUT2D eigenvalue weighted by Gasteiger charge is 2.38. The lowest BCUT2D eigenvalue weighted by molar-refractivity contribution is -0.142. The molecule has 0 unspecified atom stereocenters. The third-order valence-corrected chi connectivity index (χ3v) is 1.81. The van der Waals surface area contributed by atoms with Crippen molar-refractivity contribution in [2.75, 3.05) is 5.43 Å². The summed E-state index contributed by atoms with van der Waals surface area (Å²) in [6.45, 7) is 0. The Morgan fingerprint density at radius 1 is 1.00 bits per heavy atom. The maximum atomic E-state index is 12.3. The predicted molar refractivity (Wildman–Crippen MR) is 58.5 cm³/mol. The van der Waals surface area contributed by atoms with E-state index < -0.39 is 37.0 Å². The van der Waals surface area contributed by atoms with Crippen molar-refractivity contribution in [1.82, 2.24) is 0 Å². The van der Waals surface area contributed by atoms with Gasteiger partial charge in [0.05, 0.1) is 16.8 Å². The molecule has 1 rings (SSSR count). The summed E-state index contributed by atoms with van der Waals surface area (Å²) >= 11 is 0. The van der Waals surface area contributed by atoms with Crippen LogP contribution in [0.3, 0.4) is 0 Å². The van der Waals surface area contributed by atoms with E-state index in [0.29, 0.717) is 12.1 Å². The Morgan fingerprint density at radius 2 is 1.43 bits per heavy atom. The number of phosphoric acid groups is 1. The van der Waals surface area contributed by atoms with Crippen LogP contribution in [0.4, 0.5) is 32.0 Å². The lowest BCUT2D eigenvalue weighted by Gasteiger charge is -2.15. The normalized spacial score (nSPS) is 12.5. The second kappa shape index (κ2) is 6.62. The fraction of sp³-hybridized carbons (Fsp3) is 0.250. The summed E-state index contributed by atoms with van der Waals surface area (Å²) in [6, 6.07) is 1.16. The molecule has 0 aliphatic carbocycles. The summed E-state index contributed by atoms with van der Waals surface area (Å²) in [5, 5.41) is 0. The molecule has 0 heterocycles. The van der Waals surface area contributed by atoms with Crippen LogP contribution in [0, 0.1) is 0 Å². The van der Waals surface area contributed by atoms with Crippen molar-refractivity contribution in [2.24, 2.45) is 5.84 Å². The first kappa shape index (κ1) is 19.7. The van der Waals surface area contributed by atoms with Gasteiger partial charge in [-0.1, -0.05) is 0 Å². The van der Waals surface area contributed by atoms with Gasteiger partial charge in [0.15, 0.2) is 0 Å². The highest BCUT2D eigenvalue weighted by Crippen LogP contribution is 2.38. The minimum absolute atomic E-state index is 0.00912. The van der Waals surface area contributed by atoms with Crippen LogP contribution in [0.15, 0.2) is 18.2 Å². The van der Waals surface area contributed by atoms with Gasteiger partial charge in [-0.15, -0.1) is 0 Å². The average Bonchev–Trinajstić information content (AvgIpc) is 2.23. The highest BCUT2D eigenvalue weighted by molar-refractivity contribution is 7.45. The van der Waals surface area contributed by atoms with E-state index in [4.69, 9.17) is 25.1 Å². The van der Waals surface area contributed by atoms with Crippen LogP contribution in [0.2, 0.25) is 0 Å². The van der Waals surface area contributed by atoms with E-state index in [1.165, 1.54) is 0 Å². The quantitative estimate of drug-likeness (QED) is 0.231. The molecule has 1 aromatic carbocycles. The van der Waals surface area contributed by atoms with Crippen molar-refractivity contribution >= 4 is 13.5 Å². The van der Waals surface area contributed by atoms with E-state index >= 15 is 0 Å². The third-order valence-electron chi connectivity index (χ3n) is 1.81. The number of benzene rings is 1. The van der Waals surface area contributed by atoms with Gasteiger partial charge in [0.1, 0.15) is 0 Å². The molecule has 0 fully saturated rings. The highest BCUT2D eigenvalue weighted by atomic mass is 31.2. The van der Waals surface area contributed by atoms with Crippen molar-refractivity contribution in [2.45, 2.75) is 12.4 Å². The topological polar surface area (TPSA) is 116 Å². The first-order valence-electron chi connectivity index (χ1n) is 4.69. The Balaban J connectivity index is 0.000000690. The average molecular weight is 342 g/mol. The number of anilines is 1. The van der Waals surface area contributed by atoms with Crippen molar-refractivity contribution in [3.05, 3.63) is 29.3 Å². The van der Waals surface area contributed by atoms with E-state index in [-0.39, 0.29) is 6.07 Å². The van der Waals surface area contributed by atoms with Gasteiger partial charge in [0, 0.05) is 0 Å². The maximum Gasteiger partial charge on any atom is 0.466 e. The van der Waals surface area contributed by atoms with Gasteiger partial charge in [0.25, 0.3) is 0 Å². The van der Waals surface area contributed by atoms with Gasteiger partial charge in [-0.25, -0.2) is 4.57 Å². The first-order valence-corrected chi connectivity index (χ1v) is 6.26. The Morgan fingerprint density at radius 3 is 1.71 bits per heavy atom. The summed E-state index contributed by atoms with van der Waals surface area (Å²) in [7, 11) is -4.64. The summed E-state index contributed by atoms with van der Waals surface area (Å²) in [6.07, 6.45) is -9.73. The van der Waals surface area contributed by atoms with Gasteiger partial charge in [-0.2, -0.15) is 26.3 Å². The van der Waals surface area contributed by atoms with Crippen molar-refractivity contribution < 1.29 is 45.6 Å². The maximum absolute atomic E-state index is 12.3. The van der Waals surface area contributed by atoms with E-state index in [0.717, 1.165) is 0 Å². The number of nitrogen functional groups attached to an aromatic ring is 1. The largest absolute Gasteiger partial charge is 0.466 e. The molecule has 0 atom stereocenters. The molecule has 0 radical (unpaired) electrons. The molecular weight excluding hydrogens is 333 g/mol. The van der Waals surface area contributed by atoms with E-state index in [1.54, 1.807) is 5.43 Å². The third kappa shape index (κ3) is 7.87. The van der Waals surface area contributed by atoms with Crippen LogP contribution >= 0.6 is 7.82 Å². The van der Waals surface area contributed by atoms with Gasteiger partial charge in [-0.3, -0.25) is 5.84 Å². The summed E-state index contributed by atoms with van der Waals surface area (Å²) in [5.74, 6) is 4.78. The van der Waals surface area contributed by atoms with Crippen LogP contribution in [0.25, 0.3) is 0 Å². The molecule has 122 valence electrons. The Kier molecular flexibility index (Phi) is 6.20. The molecule has 0 saturated carbocycles. The number of hydrogen-bond acceptors (Lipinski definition) is 3. The Hall–Kier alpha value is -1.33. The molecule has 0 spiro atoms. The molecule has 0 saturated heterocycles. The second-order valence-corrected chi connectivity index (χ2v) is 4.44. The smallest absolute Gasteiger partial charge is 0.324 e. The number of nitrogens with two attached hydrogens (primary N) is 1. The molecule has 0 aromatic heterocycles. The molecule has 0 aliphatic heterocycles. The molecule has 6 nitrogen and oxygen atoms in total. The monoisotopic (exact) mass is 342 g/mol. The first-order chi connectivity index (χ1) is 9.16. The Bertz CT molecular complexity index is 518. The molecule has 0 bridgehead atoms. The van der Waals surface area contributed by atoms with Crippen LogP contribution < -0.4 is 11.3 Å². The fourth-order valence-corrected chi connectivity index (χ4v) is 1.08. The van der Waals surface area contributed by atoms with Crippen molar-refractivity contribution in [3.8, 4) is 0 Å². The molecule has 6 N–H and O–H groups in total. The molecule has 1 aromatic rings. The van der Waals surface area contributed by atoms with E-state index in [1.807, 2.05) is 0 Å². The van der Waals surface area contributed by atoms with Gasteiger partial charge >= 0.3 is 20.2 Å². The summed E-state index contributed by atoms with van der Waals surface area (Å²) < 4.78 is 82.4.